The summed E-state index contributed by atoms with van der Waals surface area (Å²) in [5.41, 5.74) is 1.24. The second-order valence-corrected chi connectivity index (χ2v) is 6.33. The third-order valence-electron chi connectivity index (χ3n) is 4.38. The lowest BCUT2D eigenvalue weighted by Gasteiger charge is -2.37. The van der Waals surface area contributed by atoms with Crippen LogP contribution in [0, 0.1) is 0 Å². The summed E-state index contributed by atoms with van der Waals surface area (Å²) in [4.78, 5) is 2.54. The highest BCUT2D eigenvalue weighted by Crippen LogP contribution is 2.30. The van der Waals surface area contributed by atoms with Gasteiger partial charge in [0.2, 0.25) is 0 Å². The number of nitrogens with zero attached hydrogens (tertiary/aromatic N) is 1. The molecular weight excluding hydrogens is 252 g/mol. The van der Waals surface area contributed by atoms with E-state index in [4.69, 9.17) is 9.15 Å². The Morgan fingerprint density at radius 2 is 2.30 bits per heavy atom. The fourth-order valence-electron chi connectivity index (χ4n) is 3.33. The van der Waals surface area contributed by atoms with E-state index in [9.17, 15) is 0 Å². The zero-order valence-electron chi connectivity index (χ0n) is 12.6. The smallest absolute Gasteiger partial charge is 0.118 e. The number of rotatable bonds is 5. The highest BCUT2D eigenvalue weighted by atomic mass is 16.5. The number of nitrogens with one attached hydrogen (secondary N) is 1. The first-order chi connectivity index (χ1) is 9.72. The lowest BCUT2D eigenvalue weighted by atomic mass is 10.1. The molecule has 1 aromatic heterocycles. The van der Waals surface area contributed by atoms with Crippen LogP contribution >= 0.6 is 0 Å². The molecule has 2 atom stereocenters. The third-order valence-corrected chi connectivity index (χ3v) is 4.38. The maximum Gasteiger partial charge on any atom is 0.118 e. The zero-order valence-corrected chi connectivity index (χ0v) is 12.6. The average Bonchev–Trinajstić information content (AvgIpc) is 3.05. The van der Waals surface area contributed by atoms with Crippen molar-refractivity contribution >= 4 is 0 Å². The van der Waals surface area contributed by atoms with Crippen molar-refractivity contribution in [2.45, 2.75) is 64.4 Å². The standard InChI is InChI=1S/C16H26N2O2/c1-12(2)17-9-13-8-14(20-11-13)10-18-6-7-19-16-5-3-4-15(16)18/h8,11-12,15-17H,3-7,9-10H2,1-2H3. The maximum absolute atomic E-state index is 5.86. The van der Waals surface area contributed by atoms with E-state index in [2.05, 4.69) is 30.1 Å². The normalized spacial score (nSPS) is 27.1. The van der Waals surface area contributed by atoms with Gasteiger partial charge in [-0.15, -0.1) is 0 Å². The third kappa shape index (κ3) is 3.25. The van der Waals surface area contributed by atoms with Crippen LogP contribution in [0.3, 0.4) is 0 Å². The average molecular weight is 278 g/mol. The van der Waals surface area contributed by atoms with Crippen molar-refractivity contribution in [2.75, 3.05) is 13.2 Å². The first-order valence-corrected chi connectivity index (χ1v) is 7.87. The van der Waals surface area contributed by atoms with Crippen molar-refractivity contribution in [1.82, 2.24) is 10.2 Å². The summed E-state index contributed by atoms with van der Waals surface area (Å²) in [6.07, 6.45) is 6.14. The van der Waals surface area contributed by atoms with Gasteiger partial charge in [0.05, 0.1) is 25.5 Å². The number of morpholine rings is 1. The second-order valence-electron chi connectivity index (χ2n) is 6.33. The molecular formula is C16H26N2O2. The van der Waals surface area contributed by atoms with E-state index >= 15 is 0 Å². The Morgan fingerprint density at radius 1 is 1.40 bits per heavy atom. The molecule has 0 bridgehead atoms. The molecule has 1 saturated heterocycles. The van der Waals surface area contributed by atoms with Gasteiger partial charge in [-0.2, -0.15) is 0 Å². The van der Waals surface area contributed by atoms with Crippen LogP contribution in [0.1, 0.15) is 44.4 Å². The summed E-state index contributed by atoms with van der Waals surface area (Å²) < 4.78 is 11.6. The quantitative estimate of drug-likeness (QED) is 0.898. The molecule has 1 aromatic rings. The van der Waals surface area contributed by atoms with Crippen LogP contribution in [-0.4, -0.2) is 36.2 Å². The van der Waals surface area contributed by atoms with E-state index in [-0.39, 0.29) is 0 Å². The van der Waals surface area contributed by atoms with E-state index in [1.165, 1.54) is 24.8 Å². The molecule has 1 aliphatic carbocycles. The topological polar surface area (TPSA) is 37.6 Å². The molecule has 2 heterocycles. The van der Waals surface area contributed by atoms with Crippen LogP contribution in [0.4, 0.5) is 0 Å². The fraction of sp³-hybridized carbons (Fsp3) is 0.750. The maximum atomic E-state index is 5.86. The van der Waals surface area contributed by atoms with E-state index in [0.29, 0.717) is 18.2 Å². The molecule has 4 heteroatoms. The van der Waals surface area contributed by atoms with Crippen LogP contribution in [0.2, 0.25) is 0 Å². The van der Waals surface area contributed by atoms with Gasteiger partial charge in [-0.3, -0.25) is 4.90 Å². The Labute approximate surface area is 121 Å². The molecule has 1 N–H and O–H groups in total. The van der Waals surface area contributed by atoms with Crippen molar-refractivity contribution in [3.63, 3.8) is 0 Å². The van der Waals surface area contributed by atoms with E-state index in [1.54, 1.807) is 0 Å². The van der Waals surface area contributed by atoms with Gasteiger partial charge >= 0.3 is 0 Å². The molecule has 2 fully saturated rings. The Kier molecular flexibility index (Phi) is 4.44. The molecule has 0 radical (unpaired) electrons. The molecule has 0 amide bonds. The first kappa shape index (κ1) is 14.1. The summed E-state index contributed by atoms with van der Waals surface area (Å²) in [5.74, 6) is 1.08. The Balaban J connectivity index is 1.57. The minimum Gasteiger partial charge on any atom is -0.468 e. The van der Waals surface area contributed by atoms with E-state index < -0.39 is 0 Å². The predicted octanol–water partition coefficient (Wildman–Crippen LogP) is 2.53. The molecule has 3 rings (SSSR count). The number of ether oxygens (including phenoxy) is 1. The monoisotopic (exact) mass is 278 g/mol. The highest BCUT2D eigenvalue weighted by Gasteiger charge is 2.36. The Bertz CT molecular complexity index is 430. The van der Waals surface area contributed by atoms with Gasteiger partial charge in [0.1, 0.15) is 5.76 Å². The lowest BCUT2D eigenvalue weighted by Crippen LogP contribution is -2.47. The van der Waals surface area contributed by atoms with Crippen LogP contribution in [0.15, 0.2) is 16.7 Å². The molecule has 20 heavy (non-hydrogen) atoms. The van der Waals surface area contributed by atoms with Gasteiger partial charge in [0.15, 0.2) is 0 Å². The Morgan fingerprint density at radius 3 is 3.15 bits per heavy atom. The SMILES string of the molecule is CC(C)NCc1coc(CN2CCOC3CCCC32)c1. The summed E-state index contributed by atoms with van der Waals surface area (Å²) >= 11 is 0. The molecule has 2 aliphatic rings. The minimum absolute atomic E-state index is 0.459. The van der Waals surface area contributed by atoms with E-state index in [1.807, 2.05) is 6.26 Å². The largest absolute Gasteiger partial charge is 0.468 e. The van der Waals surface area contributed by atoms with Crippen LogP contribution in [0.25, 0.3) is 0 Å². The van der Waals surface area contributed by atoms with Crippen molar-refractivity contribution in [2.24, 2.45) is 0 Å². The number of furan rings is 1. The summed E-state index contributed by atoms with van der Waals surface area (Å²) in [7, 11) is 0. The van der Waals surface area contributed by atoms with Gasteiger partial charge < -0.3 is 14.5 Å². The highest BCUT2D eigenvalue weighted by molar-refractivity contribution is 5.13. The molecule has 0 spiro atoms. The number of hydrogen-bond donors (Lipinski definition) is 1. The summed E-state index contributed by atoms with van der Waals surface area (Å²) in [6.45, 7) is 8.03. The van der Waals surface area contributed by atoms with Crippen LogP contribution in [-0.2, 0) is 17.8 Å². The Hall–Kier alpha value is -0.840. The molecule has 1 aliphatic heterocycles. The molecule has 0 aromatic carbocycles. The first-order valence-electron chi connectivity index (χ1n) is 7.87. The van der Waals surface area contributed by atoms with Gasteiger partial charge in [0, 0.05) is 30.7 Å². The summed E-state index contributed by atoms with van der Waals surface area (Å²) in [6, 6.07) is 3.30. The van der Waals surface area contributed by atoms with Gasteiger partial charge in [-0.25, -0.2) is 0 Å². The molecule has 4 nitrogen and oxygen atoms in total. The summed E-state index contributed by atoms with van der Waals surface area (Å²) in [5, 5.41) is 3.42. The van der Waals surface area contributed by atoms with Gasteiger partial charge in [-0.1, -0.05) is 13.8 Å². The number of fused-ring (bicyclic) bond motifs is 1. The van der Waals surface area contributed by atoms with Crippen LogP contribution in [0.5, 0.6) is 0 Å². The van der Waals surface area contributed by atoms with Crippen molar-refractivity contribution in [1.29, 1.82) is 0 Å². The molecule has 112 valence electrons. The van der Waals surface area contributed by atoms with Gasteiger partial charge in [0.25, 0.3) is 0 Å². The van der Waals surface area contributed by atoms with E-state index in [0.717, 1.165) is 32.0 Å². The van der Waals surface area contributed by atoms with Gasteiger partial charge in [-0.05, 0) is 25.3 Å². The number of hydrogen-bond acceptors (Lipinski definition) is 4. The zero-order chi connectivity index (χ0) is 13.9. The molecule has 1 saturated carbocycles. The van der Waals surface area contributed by atoms with Crippen molar-refractivity contribution < 1.29 is 9.15 Å². The second kappa shape index (κ2) is 6.29. The van der Waals surface area contributed by atoms with Crippen molar-refractivity contribution in [3.05, 3.63) is 23.7 Å². The fourth-order valence-corrected chi connectivity index (χ4v) is 3.33. The van der Waals surface area contributed by atoms with Crippen LogP contribution < -0.4 is 5.32 Å². The molecule has 2 unspecified atom stereocenters. The lowest BCUT2D eigenvalue weighted by molar-refractivity contribution is -0.0606. The predicted molar refractivity (Wildman–Crippen MR) is 78.5 cm³/mol. The minimum atomic E-state index is 0.459. The van der Waals surface area contributed by atoms with Crippen molar-refractivity contribution in [3.8, 4) is 0 Å².